The molecule has 0 saturated carbocycles. The molecule has 26 heavy (non-hydrogen) atoms. The molecule has 0 aromatic heterocycles. The molecule has 8 N–H and O–H groups in total. The van der Waals surface area contributed by atoms with Gasteiger partial charge in [0.2, 0.25) is 0 Å². The van der Waals surface area contributed by atoms with Gasteiger partial charge in [0.15, 0.2) is 0 Å². The zero-order chi connectivity index (χ0) is 19.0. The first-order valence-electron chi connectivity index (χ1n) is 7.81. The van der Waals surface area contributed by atoms with Gasteiger partial charge in [0, 0.05) is 15.9 Å². The van der Waals surface area contributed by atoms with Crippen molar-refractivity contribution in [2.45, 2.75) is 5.92 Å². The highest BCUT2D eigenvalue weighted by Gasteiger charge is 2.37. The number of nitrogens with two attached hydrogens (primary N) is 2. The van der Waals surface area contributed by atoms with E-state index < -0.39 is 5.92 Å². The SMILES string of the molecule is NC1=C(C(C2=C(N)CN(O)CN2O)c2cccc(Br)c2)N(O)CN(O)C1. The van der Waals surface area contributed by atoms with Gasteiger partial charge in [-0.2, -0.15) is 10.1 Å². The molecule has 0 bridgehead atoms. The van der Waals surface area contributed by atoms with E-state index >= 15 is 0 Å². The van der Waals surface area contributed by atoms with E-state index in [2.05, 4.69) is 15.9 Å². The summed E-state index contributed by atoms with van der Waals surface area (Å²) in [6.45, 7) is -0.292. The first-order chi connectivity index (χ1) is 12.3. The lowest BCUT2D eigenvalue weighted by molar-refractivity contribution is -0.206. The summed E-state index contributed by atoms with van der Waals surface area (Å²) >= 11 is 3.41. The molecular formula is C15H21BrN6O4. The third-order valence-corrected chi connectivity index (χ3v) is 4.74. The van der Waals surface area contributed by atoms with Crippen LogP contribution in [-0.4, -0.2) is 67.5 Å². The van der Waals surface area contributed by atoms with Crippen molar-refractivity contribution in [1.82, 2.24) is 20.3 Å². The molecule has 1 aromatic rings. The zero-order valence-corrected chi connectivity index (χ0v) is 15.4. The molecule has 0 aliphatic carbocycles. The van der Waals surface area contributed by atoms with Crippen LogP contribution in [0.15, 0.2) is 51.5 Å². The van der Waals surface area contributed by atoms with E-state index in [0.29, 0.717) is 17.0 Å². The van der Waals surface area contributed by atoms with Crippen molar-refractivity contribution >= 4 is 15.9 Å². The molecule has 0 spiro atoms. The van der Waals surface area contributed by atoms with E-state index in [0.717, 1.165) is 24.7 Å². The smallest absolute Gasteiger partial charge is 0.121 e. The van der Waals surface area contributed by atoms with Gasteiger partial charge in [-0.1, -0.05) is 28.1 Å². The van der Waals surface area contributed by atoms with E-state index in [9.17, 15) is 20.8 Å². The van der Waals surface area contributed by atoms with Crippen LogP contribution in [0.4, 0.5) is 0 Å². The van der Waals surface area contributed by atoms with Crippen molar-refractivity contribution in [3.8, 4) is 0 Å². The van der Waals surface area contributed by atoms with Gasteiger partial charge < -0.3 is 21.9 Å². The van der Waals surface area contributed by atoms with Crippen molar-refractivity contribution in [2.75, 3.05) is 26.4 Å². The van der Waals surface area contributed by atoms with Crippen LogP contribution in [0.1, 0.15) is 11.5 Å². The van der Waals surface area contributed by atoms with Gasteiger partial charge in [0.1, 0.15) is 13.3 Å². The van der Waals surface area contributed by atoms with Crippen LogP contribution >= 0.6 is 15.9 Å². The molecule has 0 amide bonds. The van der Waals surface area contributed by atoms with Crippen LogP contribution in [0.25, 0.3) is 0 Å². The number of hydrogen-bond donors (Lipinski definition) is 6. The molecule has 2 heterocycles. The monoisotopic (exact) mass is 428 g/mol. The Morgan fingerprint density at radius 3 is 1.81 bits per heavy atom. The Kier molecular flexibility index (Phi) is 5.39. The van der Waals surface area contributed by atoms with E-state index in [1.54, 1.807) is 0 Å². The Morgan fingerprint density at radius 1 is 0.885 bits per heavy atom. The molecule has 0 fully saturated rings. The van der Waals surface area contributed by atoms with Crippen LogP contribution in [0.5, 0.6) is 0 Å². The van der Waals surface area contributed by atoms with Gasteiger partial charge in [-0.15, -0.1) is 0 Å². The Morgan fingerprint density at radius 2 is 1.38 bits per heavy atom. The maximum atomic E-state index is 10.4. The maximum Gasteiger partial charge on any atom is 0.121 e. The van der Waals surface area contributed by atoms with Crippen LogP contribution in [0.3, 0.4) is 0 Å². The highest BCUT2D eigenvalue weighted by molar-refractivity contribution is 9.10. The second-order valence-electron chi connectivity index (χ2n) is 6.22. The summed E-state index contributed by atoms with van der Waals surface area (Å²) in [7, 11) is 0. The van der Waals surface area contributed by atoms with Crippen molar-refractivity contribution in [1.29, 1.82) is 0 Å². The second-order valence-corrected chi connectivity index (χ2v) is 7.14. The largest absolute Gasteiger partial charge is 0.399 e. The van der Waals surface area contributed by atoms with Gasteiger partial charge in [0.05, 0.1) is 30.4 Å². The van der Waals surface area contributed by atoms with Gasteiger partial charge in [-0.3, -0.25) is 10.4 Å². The maximum absolute atomic E-state index is 10.4. The van der Waals surface area contributed by atoms with Crippen molar-refractivity contribution in [3.05, 3.63) is 57.1 Å². The Hall–Kier alpha value is -1.86. The number of hydrogen-bond acceptors (Lipinski definition) is 10. The summed E-state index contributed by atoms with van der Waals surface area (Å²) in [5.41, 5.74) is 14.0. The highest BCUT2D eigenvalue weighted by atomic mass is 79.9. The zero-order valence-electron chi connectivity index (χ0n) is 13.8. The fraction of sp³-hybridized carbons (Fsp3) is 0.333. The van der Waals surface area contributed by atoms with Crippen molar-refractivity contribution in [2.24, 2.45) is 11.5 Å². The molecule has 1 aromatic carbocycles. The molecule has 2 aliphatic heterocycles. The molecule has 0 saturated heterocycles. The van der Waals surface area contributed by atoms with E-state index in [1.165, 1.54) is 0 Å². The fourth-order valence-corrected chi connectivity index (χ4v) is 3.67. The molecule has 10 nitrogen and oxygen atoms in total. The van der Waals surface area contributed by atoms with Crippen LogP contribution < -0.4 is 11.5 Å². The summed E-state index contributed by atoms with van der Waals surface area (Å²) < 4.78 is 0.798. The Balaban J connectivity index is 2.18. The van der Waals surface area contributed by atoms with Gasteiger partial charge in [-0.05, 0) is 17.7 Å². The first-order valence-corrected chi connectivity index (χ1v) is 8.60. The van der Waals surface area contributed by atoms with E-state index in [-0.39, 0.29) is 37.8 Å². The Bertz CT molecular complexity index is 717. The third-order valence-electron chi connectivity index (χ3n) is 4.24. The number of benzene rings is 1. The van der Waals surface area contributed by atoms with Crippen molar-refractivity contribution < 1.29 is 20.8 Å². The molecule has 0 atom stereocenters. The molecule has 0 radical (unpaired) electrons. The molecule has 3 rings (SSSR count). The van der Waals surface area contributed by atoms with E-state index in [4.69, 9.17) is 11.5 Å². The van der Waals surface area contributed by atoms with Crippen molar-refractivity contribution in [3.63, 3.8) is 0 Å². The first kappa shape index (κ1) is 18.9. The van der Waals surface area contributed by atoms with Crippen LogP contribution in [-0.2, 0) is 0 Å². The Labute approximate surface area is 158 Å². The average Bonchev–Trinajstić information content (AvgIpc) is 2.51. The third kappa shape index (κ3) is 3.64. The van der Waals surface area contributed by atoms with E-state index in [1.807, 2.05) is 24.3 Å². The number of nitrogens with zero attached hydrogens (tertiary/aromatic N) is 4. The molecular weight excluding hydrogens is 408 g/mol. The van der Waals surface area contributed by atoms with Gasteiger partial charge >= 0.3 is 0 Å². The minimum atomic E-state index is -0.704. The summed E-state index contributed by atoms with van der Waals surface area (Å²) in [4.78, 5) is 0. The predicted octanol–water partition coefficient (Wildman–Crippen LogP) is 0.580. The molecule has 0 unspecified atom stereocenters. The normalized spacial score (nSPS) is 20.5. The number of hydroxylamine groups is 8. The topological polar surface area (TPSA) is 146 Å². The second kappa shape index (κ2) is 7.40. The summed E-state index contributed by atoms with van der Waals surface area (Å²) in [6.07, 6.45) is 0. The lowest BCUT2D eigenvalue weighted by atomic mass is 9.88. The quantitative estimate of drug-likeness (QED) is 0.403. The summed E-state index contributed by atoms with van der Waals surface area (Å²) in [5, 5.41) is 43.6. The molecule has 2 aliphatic rings. The number of halogens is 1. The van der Waals surface area contributed by atoms with Gasteiger partial charge in [0.25, 0.3) is 0 Å². The fourth-order valence-electron chi connectivity index (χ4n) is 3.25. The summed E-state index contributed by atoms with van der Waals surface area (Å²) in [5.74, 6) is -0.704. The summed E-state index contributed by atoms with van der Waals surface area (Å²) in [6, 6.07) is 7.29. The molecule has 142 valence electrons. The average molecular weight is 429 g/mol. The van der Waals surface area contributed by atoms with Crippen LogP contribution in [0.2, 0.25) is 0 Å². The minimum absolute atomic E-state index is 0.0294. The molecule has 11 heteroatoms. The van der Waals surface area contributed by atoms with Crippen LogP contribution in [0, 0.1) is 0 Å². The lowest BCUT2D eigenvalue weighted by Gasteiger charge is -2.40. The standard InChI is InChI=1S/C15H21BrN6O4/c16-10-3-1-2-9(4-10)13(14-11(17)5-19(23)7-21(14)25)15-12(18)6-20(24)8-22(15)26/h1-4,13,23-26H,5-8,17-18H2. The van der Waals surface area contributed by atoms with Gasteiger partial charge in [-0.25, -0.2) is 10.1 Å². The minimum Gasteiger partial charge on any atom is -0.399 e. The lowest BCUT2D eigenvalue weighted by Crippen LogP contribution is -2.48. The predicted molar refractivity (Wildman–Crippen MR) is 93.3 cm³/mol. The highest BCUT2D eigenvalue weighted by Crippen LogP contribution is 2.39. The number of rotatable bonds is 3.